The van der Waals surface area contributed by atoms with Crippen LogP contribution in [-0.4, -0.2) is 53.1 Å². The molecule has 0 aromatic rings. The number of unbranched alkanes of at least 4 members (excludes halogenated alkanes) is 24. The zero-order valence-electron chi connectivity index (χ0n) is 28.2. The van der Waals surface area contributed by atoms with Crippen molar-refractivity contribution >= 4 is 16.0 Å². The average Bonchev–Trinajstić information content (AvgIpc) is 2.96. The average molecular weight is 634 g/mol. The lowest BCUT2D eigenvalue weighted by Gasteiger charge is -2.24. The van der Waals surface area contributed by atoms with Gasteiger partial charge in [0.25, 0.3) is 10.1 Å². The molecule has 0 aromatic carbocycles. The second kappa shape index (κ2) is 30.0. The topological polar surface area (TPSA) is 124 Å². The van der Waals surface area contributed by atoms with Crippen LogP contribution in [0.25, 0.3) is 0 Å². The number of hydrogen-bond acceptors (Lipinski definition) is 5. The van der Waals surface area contributed by atoms with Gasteiger partial charge in [-0.2, -0.15) is 8.42 Å². The summed E-state index contributed by atoms with van der Waals surface area (Å²) in [6.45, 7) is 4.48. The van der Waals surface area contributed by atoms with E-state index in [0.717, 1.165) is 44.9 Å². The summed E-state index contributed by atoms with van der Waals surface area (Å²) in [7, 11) is -4.39. The molecule has 3 atom stereocenters. The molecule has 0 rings (SSSR count). The van der Waals surface area contributed by atoms with Gasteiger partial charge in [-0.15, -0.1) is 0 Å². The molecule has 0 spiro atoms. The minimum atomic E-state index is -4.39. The Bertz CT molecular complexity index is 717. The normalized spacial score (nSPS) is 14.1. The van der Waals surface area contributed by atoms with Crippen LogP contribution < -0.4 is 5.32 Å². The van der Waals surface area contributed by atoms with Crippen LogP contribution in [0.5, 0.6) is 0 Å². The third kappa shape index (κ3) is 29.8. The third-order valence-electron chi connectivity index (χ3n) is 8.67. The lowest BCUT2D eigenvalue weighted by molar-refractivity contribution is -0.131. The van der Waals surface area contributed by atoms with Crippen molar-refractivity contribution in [2.45, 2.75) is 212 Å². The molecule has 0 aliphatic heterocycles. The minimum absolute atomic E-state index is 0.303. The molecule has 0 saturated heterocycles. The first-order valence-corrected chi connectivity index (χ1v) is 19.9. The lowest BCUT2D eigenvalue weighted by atomic mass is 10.0. The van der Waals surface area contributed by atoms with E-state index in [1.807, 2.05) is 0 Å². The predicted octanol–water partition coefficient (Wildman–Crippen LogP) is 9.04. The van der Waals surface area contributed by atoms with Crippen molar-refractivity contribution in [3.05, 3.63) is 0 Å². The van der Waals surface area contributed by atoms with Gasteiger partial charge in [0.2, 0.25) is 5.91 Å². The number of aliphatic hydroxyl groups excluding tert-OH is 2. The van der Waals surface area contributed by atoms with Crippen molar-refractivity contribution < 1.29 is 28.0 Å². The van der Waals surface area contributed by atoms with Crippen LogP contribution in [0.15, 0.2) is 0 Å². The number of nitrogens with one attached hydrogen (secondary N) is 1. The number of amides is 1. The monoisotopic (exact) mass is 634 g/mol. The van der Waals surface area contributed by atoms with Gasteiger partial charge in [0.05, 0.1) is 17.9 Å². The summed E-state index contributed by atoms with van der Waals surface area (Å²) < 4.78 is 32.4. The van der Waals surface area contributed by atoms with Crippen LogP contribution in [0.3, 0.4) is 0 Å². The molecular formula is C35H71NO6S. The van der Waals surface area contributed by atoms with E-state index in [1.54, 1.807) is 0 Å². The van der Waals surface area contributed by atoms with E-state index in [-0.39, 0.29) is 0 Å². The van der Waals surface area contributed by atoms with E-state index in [4.69, 9.17) is 0 Å². The van der Waals surface area contributed by atoms with Gasteiger partial charge in [0.15, 0.2) is 0 Å². The van der Waals surface area contributed by atoms with Gasteiger partial charge in [-0.25, -0.2) is 0 Å². The maximum atomic E-state index is 12.5. The zero-order chi connectivity index (χ0) is 32.0. The molecular weight excluding hydrogens is 562 g/mol. The van der Waals surface area contributed by atoms with Crippen LogP contribution in [0.1, 0.15) is 194 Å². The minimum Gasteiger partial charge on any atom is -0.391 e. The quantitative estimate of drug-likeness (QED) is 0.0422. The molecule has 0 aliphatic rings. The number of carbonyl (C=O) groups excluding carboxylic acids is 1. The van der Waals surface area contributed by atoms with Crippen LogP contribution in [0.2, 0.25) is 0 Å². The SMILES string of the molecule is CCCCCCCCCCCCCCCC(O)C(=O)NC(CS(=O)(=O)O)C(O)CCCCCCCCCCCCCCC. The summed E-state index contributed by atoms with van der Waals surface area (Å²) in [5, 5.41) is 23.4. The Hall–Kier alpha value is -0.700. The van der Waals surface area contributed by atoms with Crippen molar-refractivity contribution in [3.8, 4) is 0 Å². The number of hydrogen-bond donors (Lipinski definition) is 4. The molecule has 0 radical (unpaired) electrons. The molecule has 43 heavy (non-hydrogen) atoms. The van der Waals surface area contributed by atoms with E-state index in [0.29, 0.717) is 12.8 Å². The first-order chi connectivity index (χ1) is 20.7. The molecule has 0 fully saturated rings. The second-order valence-corrected chi connectivity index (χ2v) is 14.5. The number of carbonyl (C=O) groups is 1. The highest BCUT2D eigenvalue weighted by Gasteiger charge is 2.28. The Morgan fingerprint density at radius 3 is 1.16 bits per heavy atom. The van der Waals surface area contributed by atoms with Gasteiger partial charge >= 0.3 is 0 Å². The number of aliphatic hydroxyl groups is 2. The second-order valence-electron chi connectivity index (χ2n) is 13.0. The van der Waals surface area contributed by atoms with Gasteiger partial charge in [-0.1, -0.05) is 181 Å². The standard InChI is InChI=1S/C35H71NO6S/c1-3-5-7-9-11-13-15-17-19-21-23-25-27-29-33(37)32(31-43(40,41)42)36-35(39)34(38)30-28-26-24-22-20-18-16-14-12-10-8-6-4-2/h32-34,37-38H,3-31H2,1-2H3,(H,36,39)(H,40,41,42). The molecule has 0 saturated carbocycles. The molecule has 4 N–H and O–H groups in total. The molecule has 7 nitrogen and oxygen atoms in total. The number of rotatable bonds is 33. The van der Waals surface area contributed by atoms with E-state index in [1.165, 1.54) is 122 Å². The van der Waals surface area contributed by atoms with Crippen molar-refractivity contribution in [1.29, 1.82) is 0 Å². The van der Waals surface area contributed by atoms with Gasteiger partial charge in [0.1, 0.15) is 6.10 Å². The van der Waals surface area contributed by atoms with Crippen molar-refractivity contribution in [1.82, 2.24) is 5.32 Å². The van der Waals surface area contributed by atoms with E-state index in [2.05, 4.69) is 19.2 Å². The van der Waals surface area contributed by atoms with Crippen LogP contribution >= 0.6 is 0 Å². The predicted molar refractivity (Wildman–Crippen MR) is 181 cm³/mol. The highest BCUT2D eigenvalue weighted by atomic mass is 32.2. The molecule has 0 aliphatic carbocycles. The first-order valence-electron chi connectivity index (χ1n) is 18.3. The molecule has 258 valence electrons. The Morgan fingerprint density at radius 1 is 0.535 bits per heavy atom. The Balaban J connectivity index is 4.04. The molecule has 0 bridgehead atoms. The Kier molecular flexibility index (Phi) is 29.5. The third-order valence-corrected chi connectivity index (χ3v) is 9.45. The summed E-state index contributed by atoms with van der Waals surface area (Å²) in [4.78, 5) is 12.5. The summed E-state index contributed by atoms with van der Waals surface area (Å²) >= 11 is 0. The van der Waals surface area contributed by atoms with Crippen molar-refractivity contribution in [2.75, 3.05) is 5.75 Å². The van der Waals surface area contributed by atoms with E-state index in [9.17, 15) is 28.0 Å². The maximum Gasteiger partial charge on any atom is 0.266 e. The lowest BCUT2D eigenvalue weighted by Crippen LogP contribution is -2.50. The summed E-state index contributed by atoms with van der Waals surface area (Å²) in [5.74, 6) is -1.44. The molecule has 0 aromatic heterocycles. The van der Waals surface area contributed by atoms with Gasteiger partial charge in [-0.05, 0) is 12.8 Å². The van der Waals surface area contributed by atoms with E-state index < -0.39 is 40.0 Å². The van der Waals surface area contributed by atoms with Gasteiger partial charge < -0.3 is 15.5 Å². The van der Waals surface area contributed by atoms with Gasteiger partial charge in [-0.3, -0.25) is 9.35 Å². The van der Waals surface area contributed by atoms with Crippen LogP contribution in [-0.2, 0) is 14.9 Å². The molecule has 3 unspecified atom stereocenters. The van der Waals surface area contributed by atoms with Crippen LogP contribution in [0, 0.1) is 0 Å². The van der Waals surface area contributed by atoms with Crippen molar-refractivity contribution in [2.24, 2.45) is 0 Å². The summed E-state index contributed by atoms with van der Waals surface area (Å²) in [5.41, 5.74) is 0. The highest BCUT2D eigenvalue weighted by Crippen LogP contribution is 2.16. The molecule has 8 heteroatoms. The molecule has 0 heterocycles. The largest absolute Gasteiger partial charge is 0.391 e. The first kappa shape index (κ1) is 42.3. The highest BCUT2D eigenvalue weighted by molar-refractivity contribution is 7.85. The summed E-state index contributed by atoms with van der Waals surface area (Å²) in [6, 6.07) is -1.14. The maximum absolute atomic E-state index is 12.5. The summed E-state index contributed by atoms with van der Waals surface area (Å²) in [6.07, 6.45) is 29.7. The fraction of sp³-hybridized carbons (Fsp3) is 0.971. The molecule has 1 amide bonds. The van der Waals surface area contributed by atoms with E-state index >= 15 is 0 Å². The fourth-order valence-corrected chi connectivity index (χ4v) is 6.57. The van der Waals surface area contributed by atoms with Gasteiger partial charge in [0, 0.05) is 0 Å². The van der Waals surface area contributed by atoms with Crippen LogP contribution in [0.4, 0.5) is 0 Å². The fourth-order valence-electron chi connectivity index (χ4n) is 5.81. The Morgan fingerprint density at radius 2 is 0.837 bits per heavy atom. The Labute approximate surface area is 266 Å². The smallest absolute Gasteiger partial charge is 0.266 e. The zero-order valence-corrected chi connectivity index (χ0v) is 29.0. The van der Waals surface area contributed by atoms with Crippen molar-refractivity contribution in [3.63, 3.8) is 0 Å².